The van der Waals surface area contributed by atoms with E-state index in [1.165, 1.54) is 0 Å². The molecule has 0 bridgehead atoms. The molecule has 0 saturated heterocycles. The highest BCUT2D eigenvalue weighted by Crippen LogP contribution is 2.15. The van der Waals surface area contributed by atoms with Crippen molar-refractivity contribution in [1.82, 2.24) is 4.98 Å². The van der Waals surface area contributed by atoms with Crippen molar-refractivity contribution in [2.45, 2.75) is 5.03 Å². The summed E-state index contributed by atoms with van der Waals surface area (Å²) in [5.41, 5.74) is -0.307. The van der Waals surface area contributed by atoms with E-state index in [9.17, 15) is 18.5 Å². The first kappa shape index (κ1) is 11.9. The minimum atomic E-state index is -3.61. The maximum Gasteiger partial charge on any atom is 0.273 e. The quantitative estimate of drug-likeness (QED) is 0.452. The van der Waals surface area contributed by atoms with Crippen LogP contribution in [-0.4, -0.2) is 30.0 Å². The highest BCUT2D eigenvalue weighted by atomic mass is 35.5. The van der Waals surface area contributed by atoms with Gasteiger partial charge >= 0.3 is 0 Å². The predicted molar refractivity (Wildman–Crippen MR) is 53.7 cm³/mol. The van der Waals surface area contributed by atoms with Gasteiger partial charge in [-0.3, -0.25) is 10.1 Å². The second-order valence-electron chi connectivity index (χ2n) is 2.62. The van der Waals surface area contributed by atoms with Gasteiger partial charge in [-0.1, -0.05) is 0 Å². The maximum absolute atomic E-state index is 11.4. The van der Waals surface area contributed by atoms with E-state index in [0.29, 0.717) is 0 Å². The topological polar surface area (TPSA) is 90.2 Å². The molecule has 0 atom stereocenters. The molecule has 82 valence electrons. The number of pyridine rings is 1. The largest absolute Gasteiger partial charge is 0.273 e. The molecule has 0 unspecified atom stereocenters. The standard InChI is InChI=1S/C7H7ClN2O4S/c8-2-4-15(13,14)7-5-6(10(11)12)1-3-9-7/h1,3,5H,2,4H2. The van der Waals surface area contributed by atoms with Crippen LogP contribution in [0.4, 0.5) is 5.69 Å². The van der Waals surface area contributed by atoms with Gasteiger partial charge < -0.3 is 0 Å². The van der Waals surface area contributed by atoms with E-state index in [-0.39, 0.29) is 22.3 Å². The molecule has 1 aromatic heterocycles. The van der Waals surface area contributed by atoms with E-state index in [2.05, 4.69) is 4.98 Å². The summed E-state index contributed by atoms with van der Waals surface area (Å²) < 4.78 is 22.9. The summed E-state index contributed by atoms with van der Waals surface area (Å²) in [6, 6.07) is 2.04. The highest BCUT2D eigenvalue weighted by molar-refractivity contribution is 7.91. The normalized spacial score (nSPS) is 11.3. The molecule has 6 nitrogen and oxygen atoms in total. The van der Waals surface area contributed by atoms with Gasteiger partial charge in [-0.15, -0.1) is 11.6 Å². The molecule has 0 radical (unpaired) electrons. The molecule has 0 spiro atoms. The van der Waals surface area contributed by atoms with Crippen molar-refractivity contribution < 1.29 is 13.3 Å². The Balaban J connectivity index is 3.16. The second kappa shape index (κ2) is 4.54. The number of aromatic nitrogens is 1. The second-order valence-corrected chi connectivity index (χ2v) is 5.05. The highest BCUT2D eigenvalue weighted by Gasteiger charge is 2.18. The number of hydrogen-bond acceptors (Lipinski definition) is 5. The van der Waals surface area contributed by atoms with E-state index >= 15 is 0 Å². The van der Waals surface area contributed by atoms with E-state index < -0.39 is 14.8 Å². The van der Waals surface area contributed by atoms with Gasteiger partial charge in [0.05, 0.1) is 16.7 Å². The van der Waals surface area contributed by atoms with Gasteiger partial charge in [0, 0.05) is 18.1 Å². The third-order valence-corrected chi connectivity index (χ3v) is 3.61. The molecule has 15 heavy (non-hydrogen) atoms. The number of hydrogen-bond donors (Lipinski definition) is 0. The summed E-state index contributed by atoms with van der Waals surface area (Å²) in [6.07, 6.45) is 1.08. The number of alkyl halides is 1. The number of nitrogens with zero attached hydrogens (tertiary/aromatic N) is 2. The minimum absolute atomic E-state index is 0.0767. The Bertz CT molecular complexity index is 474. The minimum Gasteiger partial charge on any atom is -0.258 e. The maximum atomic E-state index is 11.4. The monoisotopic (exact) mass is 250 g/mol. The number of rotatable bonds is 4. The average Bonchev–Trinajstić information content (AvgIpc) is 2.18. The molecule has 1 aromatic rings. The van der Waals surface area contributed by atoms with Crippen LogP contribution in [-0.2, 0) is 9.84 Å². The molecule has 1 rings (SSSR count). The molecule has 0 aliphatic rings. The lowest BCUT2D eigenvalue weighted by Crippen LogP contribution is -2.10. The molecule has 8 heteroatoms. The predicted octanol–water partition coefficient (Wildman–Crippen LogP) is 1.00. The summed E-state index contributed by atoms with van der Waals surface area (Å²) in [7, 11) is -3.61. The Labute approximate surface area is 91.0 Å². The summed E-state index contributed by atoms with van der Waals surface area (Å²) in [4.78, 5) is 13.3. The van der Waals surface area contributed by atoms with Crippen LogP contribution in [0.25, 0.3) is 0 Å². The average molecular weight is 251 g/mol. The number of halogens is 1. The first-order chi connectivity index (χ1) is 6.97. The number of sulfone groups is 1. The Morgan fingerprint density at radius 3 is 2.73 bits per heavy atom. The summed E-state index contributed by atoms with van der Waals surface area (Å²) in [5.74, 6) is -0.366. The molecule has 0 amide bonds. The SMILES string of the molecule is O=[N+]([O-])c1ccnc(S(=O)(=O)CCCl)c1. The van der Waals surface area contributed by atoms with Crippen molar-refractivity contribution in [2.75, 3.05) is 11.6 Å². The molecule has 0 fully saturated rings. The van der Waals surface area contributed by atoms with Gasteiger partial charge in [-0.2, -0.15) is 0 Å². The van der Waals surface area contributed by atoms with Crippen LogP contribution in [0.3, 0.4) is 0 Å². The van der Waals surface area contributed by atoms with Crippen LogP contribution >= 0.6 is 11.6 Å². The molecule has 0 N–H and O–H groups in total. The zero-order valence-corrected chi connectivity index (χ0v) is 9.03. The van der Waals surface area contributed by atoms with Crippen molar-refractivity contribution in [1.29, 1.82) is 0 Å². The van der Waals surface area contributed by atoms with Crippen LogP contribution in [0.5, 0.6) is 0 Å². The van der Waals surface area contributed by atoms with Crippen molar-refractivity contribution in [2.24, 2.45) is 0 Å². The third-order valence-electron chi connectivity index (χ3n) is 1.59. The molecule has 0 aromatic carbocycles. The van der Waals surface area contributed by atoms with Crippen molar-refractivity contribution in [3.63, 3.8) is 0 Å². The Kier molecular flexibility index (Phi) is 3.59. The van der Waals surface area contributed by atoms with Crippen LogP contribution in [0, 0.1) is 10.1 Å². The van der Waals surface area contributed by atoms with Gasteiger partial charge in [0.15, 0.2) is 14.9 Å². The van der Waals surface area contributed by atoms with Crippen LogP contribution in [0.15, 0.2) is 23.4 Å². The zero-order valence-electron chi connectivity index (χ0n) is 7.46. The Morgan fingerprint density at radius 2 is 2.20 bits per heavy atom. The molecular formula is C7H7ClN2O4S. The van der Waals surface area contributed by atoms with Crippen molar-refractivity contribution >= 4 is 27.1 Å². The zero-order chi connectivity index (χ0) is 11.5. The summed E-state index contributed by atoms with van der Waals surface area (Å²) >= 11 is 5.30. The lowest BCUT2D eigenvalue weighted by atomic mass is 10.4. The number of nitro groups is 1. The van der Waals surface area contributed by atoms with Gasteiger partial charge in [-0.25, -0.2) is 13.4 Å². The van der Waals surface area contributed by atoms with E-state index in [4.69, 9.17) is 11.6 Å². The van der Waals surface area contributed by atoms with Gasteiger partial charge in [0.25, 0.3) is 5.69 Å². The van der Waals surface area contributed by atoms with Crippen LogP contribution in [0.2, 0.25) is 0 Å². The Morgan fingerprint density at radius 1 is 1.53 bits per heavy atom. The van der Waals surface area contributed by atoms with Gasteiger partial charge in [-0.05, 0) is 0 Å². The van der Waals surface area contributed by atoms with Crippen LogP contribution in [0.1, 0.15) is 0 Å². The lowest BCUT2D eigenvalue weighted by molar-refractivity contribution is -0.385. The van der Waals surface area contributed by atoms with Gasteiger partial charge in [0.1, 0.15) is 0 Å². The van der Waals surface area contributed by atoms with Crippen molar-refractivity contribution in [3.05, 3.63) is 28.4 Å². The van der Waals surface area contributed by atoms with Crippen LogP contribution < -0.4 is 0 Å². The van der Waals surface area contributed by atoms with Gasteiger partial charge in [0.2, 0.25) is 0 Å². The summed E-state index contributed by atoms with van der Waals surface area (Å²) in [6.45, 7) is 0. The third kappa shape index (κ3) is 2.87. The fourth-order valence-electron chi connectivity index (χ4n) is 0.889. The lowest BCUT2D eigenvalue weighted by Gasteiger charge is -2.00. The van der Waals surface area contributed by atoms with Crippen molar-refractivity contribution in [3.8, 4) is 0 Å². The smallest absolute Gasteiger partial charge is 0.258 e. The Hall–Kier alpha value is -1.21. The molecule has 0 aliphatic heterocycles. The fraction of sp³-hybridized carbons (Fsp3) is 0.286. The molecular weight excluding hydrogens is 244 g/mol. The van der Waals surface area contributed by atoms with E-state index in [1.54, 1.807) is 0 Å². The molecule has 0 saturated carbocycles. The first-order valence-electron chi connectivity index (χ1n) is 3.86. The first-order valence-corrected chi connectivity index (χ1v) is 6.05. The summed E-state index contributed by atoms with van der Waals surface area (Å²) in [5, 5.41) is 10.1. The molecule has 1 heterocycles. The molecule has 0 aliphatic carbocycles. The van der Waals surface area contributed by atoms with E-state index in [0.717, 1.165) is 18.3 Å². The van der Waals surface area contributed by atoms with E-state index in [1.807, 2.05) is 0 Å². The fourth-order valence-corrected chi connectivity index (χ4v) is 2.43.